The number of piperazine rings is 1. The van der Waals surface area contributed by atoms with E-state index in [0.29, 0.717) is 18.8 Å². The third-order valence-electron chi connectivity index (χ3n) is 4.48. The van der Waals surface area contributed by atoms with Crippen LogP contribution in [0.2, 0.25) is 0 Å². The molecule has 1 aliphatic rings. The number of rotatable bonds is 2. The first-order valence-electron chi connectivity index (χ1n) is 8.02. The Balaban J connectivity index is 1.51. The molecule has 0 bridgehead atoms. The Morgan fingerprint density at radius 1 is 1.12 bits per heavy atom. The van der Waals surface area contributed by atoms with Gasteiger partial charge in [-0.15, -0.1) is 0 Å². The summed E-state index contributed by atoms with van der Waals surface area (Å²) in [4.78, 5) is 25.2. The van der Waals surface area contributed by atoms with E-state index in [1.54, 1.807) is 18.6 Å². The molecule has 3 heterocycles. The molecule has 0 spiro atoms. The molecule has 2 aromatic heterocycles. The summed E-state index contributed by atoms with van der Waals surface area (Å²) in [5.74, 6) is 1.26. The number of aromatic nitrogens is 2. The van der Waals surface area contributed by atoms with Gasteiger partial charge in [-0.1, -0.05) is 18.2 Å². The van der Waals surface area contributed by atoms with Crippen molar-refractivity contribution in [3.8, 4) is 0 Å². The van der Waals surface area contributed by atoms with E-state index in [-0.39, 0.29) is 5.91 Å². The second-order valence-electron chi connectivity index (χ2n) is 5.90. The fraction of sp³-hybridized carbons (Fsp3) is 0.278. The molecule has 24 heavy (non-hydrogen) atoms. The quantitative estimate of drug-likeness (QED) is 0.725. The number of hydrogen-bond donors (Lipinski definition) is 0. The fourth-order valence-corrected chi connectivity index (χ4v) is 3.12. The first-order chi connectivity index (χ1) is 11.7. The van der Waals surface area contributed by atoms with Crippen LogP contribution < -0.4 is 4.90 Å². The highest BCUT2D eigenvalue weighted by atomic mass is 16.3. The number of benzene rings is 1. The van der Waals surface area contributed by atoms with Gasteiger partial charge in [-0.2, -0.15) is 0 Å². The molecule has 1 aromatic carbocycles. The first kappa shape index (κ1) is 14.7. The number of nitrogens with zero attached hydrogens (tertiary/aromatic N) is 4. The molecule has 122 valence electrons. The third-order valence-corrected chi connectivity index (χ3v) is 4.48. The predicted molar refractivity (Wildman–Crippen MR) is 91.1 cm³/mol. The molecule has 0 aliphatic carbocycles. The lowest BCUT2D eigenvalue weighted by molar-refractivity contribution is 0.0716. The van der Waals surface area contributed by atoms with Crippen LogP contribution in [-0.2, 0) is 0 Å². The average molecular weight is 322 g/mol. The normalized spacial score (nSPS) is 15.0. The summed E-state index contributed by atoms with van der Waals surface area (Å²) in [6, 6.07) is 7.75. The number of amides is 1. The molecule has 0 radical (unpaired) electrons. The maximum atomic E-state index is 12.8. The third kappa shape index (κ3) is 2.50. The Bertz CT molecular complexity index is 867. The molecule has 0 unspecified atom stereocenters. The second kappa shape index (κ2) is 5.96. The molecule has 3 aromatic rings. The predicted octanol–water partition coefficient (Wildman–Crippen LogP) is 2.49. The van der Waals surface area contributed by atoms with E-state index in [0.717, 1.165) is 35.4 Å². The Kier molecular flexibility index (Phi) is 3.65. The van der Waals surface area contributed by atoms with Crippen LogP contribution in [0.15, 0.2) is 47.3 Å². The molecule has 0 N–H and O–H groups in total. The number of hydrogen-bond acceptors (Lipinski definition) is 5. The number of anilines is 1. The monoisotopic (exact) mass is 322 g/mol. The van der Waals surface area contributed by atoms with E-state index in [9.17, 15) is 4.79 Å². The van der Waals surface area contributed by atoms with Crippen LogP contribution in [-0.4, -0.2) is 47.0 Å². The molecule has 0 atom stereocenters. The molecule has 1 saturated heterocycles. The summed E-state index contributed by atoms with van der Waals surface area (Å²) in [7, 11) is 0. The van der Waals surface area contributed by atoms with Crippen molar-refractivity contribution >= 4 is 22.7 Å². The van der Waals surface area contributed by atoms with Gasteiger partial charge in [0.1, 0.15) is 11.4 Å². The molecule has 1 aliphatic heterocycles. The minimum atomic E-state index is -0.0394. The topological polar surface area (TPSA) is 62.5 Å². The van der Waals surface area contributed by atoms with Crippen LogP contribution in [0.3, 0.4) is 0 Å². The van der Waals surface area contributed by atoms with Crippen molar-refractivity contribution in [1.82, 2.24) is 14.9 Å². The van der Waals surface area contributed by atoms with Crippen LogP contribution in [0.4, 0.5) is 5.82 Å². The molecule has 4 rings (SSSR count). The summed E-state index contributed by atoms with van der Waals surface area (Å²) in [6.07, 6.45) is 5.10. The number of furan rings is 1. The van der Waals surface area contributed by atoms with Crippen LogP contribution in [0, 0.1) is 6.92 Å². The Morgan fingerprint density at radius 3 is 2.62 bits per heavy atom. The molecule has 1 fully saturated rings. The number of aryl methyl sites for hydroxylation is 1. The first-order valence-corrected chi connectivity index (χ1v) is 8.02. The van der Waals surface area contributed by atoms with Gasteiger partial charge in [0.05, 0.1) is 6.20 Å². The highest BCUT2D eigenvalue weighted by molar-refractivity contribution is 5.99. The highest BCUT2D eigenvalue weighted by Gasteiger charge is 2.27. The highest BCUT2D eigenvalue weighted by Crippen LogP contribution is 2.26. The van der Waals surface area contributed by atoms with Crippen molar-refractivity contribution in [1.29, 1.82) is 0 Å². The van der Waals surface area contributed by atoms with Gasteiger partial charge in [0.15, 0.2) is 5.76 Å². The van der Waals surface area contributed by atoms with Crippen LogP contribution in [0.5, 0.6) is 0 Å². The van der Waals surface area contributed by atoms with Crippen LogP contribution in [0.25, 0.3) is 11.0 Å². The smallest absolute Gasteiger partial charge is 0.290 e. The average Bonchev–Trinajstić information content (AvgIpc) is 2.99. The van der Waals surface area contributed by atoms with Gasteiger partial charge in [-0.3, -0.25) is 9.78 Å². The van der Waals surface area contributed by atoms with E-state index in [4.69, 9.17) is 4.42 Å². The zero-order valence-electron chi connectivity index (χ0n) is 13.5. The van der Waals surface area contributed by atoms with Crippen LogP contribution in [0.1, 0.15) is 16.1 Å². The zero-order chi connectivity index (χ0) is 16.5. The van der Waals surface area contributed by atoms with E-state index in [2.05, 4.69) is 14.9 Å². The molecular formula is C18H18N4O2. The molecule has 6 nitrogen and oxygen atoms in total. The summed E-state index contributed by atoms with van der Waals surface area (Å²) in [5.41, 5.74) is 1.67. The number of carbonyl (C=O) groups is 1. The Morgan fingerprint density at radius 2 is 1.92 bits per heavy atom. The minimum Gasteiger partial charge on any atom is -0.451 e. The van der Waals surface area contributed by atoms with Gasteiger partial charge in [-0.25, -0.2) is 4.98 Å². The Labute approximate surface area is 139 Å². The SMILES string of the molecule is Cc1c(C(=O)N2CCN(c3cnccn3)CC2)oc2ccccc12. The van der Waals surface area contributed by atoms with Crippen molar-refractivity contribution in [3.63, 3.8) is 0 Å². The van der Waals surface area contributed by atoms with Crippen molar-refractivity contribution in [3.05, 3.63) is 54.2 Å². The number of carbonyl (C=O) groups excluding carboxylic acids is 1. The number of para-hydroxylation sites is 1. The van der Waals surface area contributed by atoms with E-state index < -0.39 is 0 Å². The lowest BCUT2D eigenvalue weighted by atomic mass is 10.1. The van der Waals surface area contributed by atoms with Gasteiger partial charge in [0.2, 0.25) is 0 Å². The van der Waals surface area contributed by atoms with E-state index in [1.807, 2.05) is 36.1 Å². The maximum Gasteiger partial charge on any atom is 0.290 e. The second-order valence-corrected chi connectivity index (χ2v) is 5.90. The van der Waals surface area contributed by atoms with E-state index in [1.165, 1.54) is 0 Å². The lowest BCUT2D eigenvalue weighted by Crippen LogP contribution is -2.49. The summed E-state index contributed by atoms with van der Waals surface area (Å²) in [6.45, 7) is 4.71. The van der Waals surface area contributed by atoms with Gasteiger partial charge >= 0.3 is 0 Å². The Hall–Kier alpha value is -2.89. The molecular weight excluding hydrogens is 304 g/mol. The van der Waals surface area contributed by atoms with Crippen LogP contribution >= 0.6 is 0 Å². The van der Waals surface area contributed by atoms with Crippen molar-refractivity contribution in [2.75, 3.05) is 31.1 Å². The minimum absolute atomic E-state index is 0.0394. The molecule has 6 heteroatoms. The van der Waals surface area contributed by atoms with Crippen molar-refractivity contribution < 1.29 is 9.21 Å². The van der Waals surface area contributed by atoms with E-state index >= 15 is 0 Å². The fourth-order valence-electron chi connectivity index (χ4n) is 3.12. The number of fused-ring (bicyclic) bond motifs is 1. The summed E-state index contributed by atoms with van der Waals surface area (Å²) < 4.78 is 5.80. The lowest BCUT2D eigenvalue weighted by Gasteiger charge is -2.34. The zero-order valence-corrected chi connectivity index (χ0v) is 13.5. The van der Waals surface area contributed by atoms with Gasteiger partial charge in [0.25, 0.3) is 5.91 Å². The van der Waals surface area contributed by atoms with Gasteiger partial charge in [0, 0.05) is 49.5 Å². The summed E-state index contributed by atoms with van der Waals surface area (Å²) >= 11 is 0. The largest absolute Gasteiger partial charge is 0.451 e. The molecule has 1 amide bonds. The van der Waals surface area contributed by atoms with Crippen molar-refractivity contribution in [2.45, 2.75) is 6.92 Å². The van der Waals surface area contributed by atoms with Gasteiger partial charge in [-0.05, 0) is 13.0 Å². The maximum absolute atomic E-state index is 12.8. The standard InChI is InChI=1S/C18H18N4O2/c1-13-14-4-2-3-5-15(14)24-17(13)18(23)22-10-8-21(9-11-22)16-12-19-6-7-20-16/h2-7,12H,8-11H2,1H3. The van der Waals surface area contributed by atoms with Crippen molar-refractivity contribution in [2.24, 2.45) is 0 Å². The summed E-state index contributed by atoms with van der Waals surface area (Å²) in [5, 5.41) is 0.999. The molecule has 0 saturated carbocycles. The van der Waals surface area contributed by atoms with Gasteiger partial charge < -0.3 is 14.2 Å².